The number of hydrogen-bond acceptors (Lipinski definition) is 6. The molecule has 0 fully saturated rings. The molecule has 46 heavy (non-hydrogen) atoms. The molecule has 8 nitrogen and oxygen atoms in total. The van der Waals surface area contributed by atoms with Gasteiger partial charge < -0.3 is 15.0 Å². The van der Waals surface area contributed by atoms with E-state index in [0.717, 1.165) is 14.8 Å². The number of ether oxygens (including phenoxy) is 1. The molecule has 0 saturated carbocycles. The summed E-state index contributed by atoms with van der Waals surface area (Å²) in [5.74, 6) is -0.789. The number of sulfonamides is 1. The third-order valence-electron chi connectivity index (χ3n) is 7.27. The average molecular weight is 701 g/mol. The number of halogens is 2. The molecule has 4 rings (SSSR count). The lowest BCUT2D eigenvalue weighted by Crippen LogP contribution is -2.53. The van der Waals surface area contributed by atoms with E-state index in [-0.39, 0.29) is 35.9 Å². The summed E-state index contributed by atoms with van der Waals surface area (Å²) in [6.45, 7) is 1.27. The molecule has 0 aliphatic heterocycles. The quantitative estimate of drug-likeness (QED) is 0.147. The van der Waals surface area contributed by atoms with Crippen LogP contribution < -0.4 is 14.4 Å². The van der Waals surface area contributed by atoms with Crippen LogP contribution >= 0.6 is 35.0 Å². The molecule has 1 atom stereocenters. The maximum absolute atomic E-state index is 14.6. The Labute approximate surface area is 284 Å². The van der Waals surface area contributed by atoms with Crippen LogP contribution in [0.3, 0.4) is 0 Å². The Kier molecular flexibility index (Phi) is 12.4. The van der Waals surface area contributed by atoms with Crippen molar-refractivity contribution in [1.29, 1.82) is 0 Å². The third kappa shape index (κ3) is 8.36. The van der Waals surface area contributed by atoms with E-state index in [1.54, 1.807) is 61.5 Å². The Hall–Kier alpha value is -3.70. The molecule has 0 saturated heterocycles. The molecule has 0 aliphatic carbocycles. The molecule has 242 valence electrons. The molecule has 4 aromatic rings. The molecule has 0 aliphatic rings. The molecule has 1 N–H and O–H groups in total. The first-order valence-electron chi connectivity index (χ1n) is 14.5. The lowest BCUT2D eigenvalue weighted by molar-refractivity contribution is -0.139. The van der Waals surface area contributed by atoms with Crippen molar-refractivity contribution in [3.8, 4) is 5.75 Å². The van der Waals surface area contributed by atoms with Crippen molar-refractivity contribution in [2.24, 2.45) is 0 Å². The second-order valence-corrected chi connectivity index (χ2v) is 13.7. The van der Waals surface area contributed by atoms with Crippen molar-refractivity contribution in [3.63, 3.8) is 0 Å². The molecule has 1 unspecified atom stereocenters. The van der Waals surface area contributed by atoms with Gasteiger partial charge in [0, 0.05) is 40.5 Å². The van der Waals surface area contributed by atoms with E-state index in [1.807, 2.05) is 36.6 Å². The van der Waals surface area contributed by atoms with E-state index in [1.165, 1.54) is 35.8 Å². The first kappa shape index (κ1) is 35.2. The summed E-state index contributed by atoms with van der Waals surface area (Å²) < 4.78 is 35.5. The fraction of sp³-hybridized carbons (Fsp3) is 0.235. The van der Waals surface area contributed by atoms with Crippen molar-refractivity contribution in [2.45, 2.75) is 35.7 Å². The number of carbonyl (C=O) groups excluding carboxylic acids is 2. The smallest absolute Gasteiger partial charge is 0.264 e. The minimum Gasteiger partial charge on any atom is -0.492 e. The zero-order valence-corrected chi connectivity index (χ0v) is 28.8. The summed E-state index contributed by atoms with van der Waals surface area (Å²) in [4.78, 5) is 30.2. The van der Waals surface area contributed by atoms with Crippen LogP contribution in [-0.4, -0.2) is 57.6 Å². The van der Waals surface area contributed by atoms with Gasteiger partial charge in [-0.2, -0.15) is 0 Å². The Balaban J connectivity index is 1.85. The van der Waals surface area contributed by atoms with Gasteiger partial charge in [-0.1, -0.05) is 71.7 Å². The Morgan fingerprint density at radius 1 is 0.891 bits per heavy atom. The first-order chi connectivity index (χ1) is 22.1. The monoisotopic (exact) mass is 699 g/mol. The SMILES string of the molecule is CCOc1ccccc1N(CC(=O)N(Cc1c(Cl)cccc1Cl)C(Cc1ccccc1)C(=O)NC)S(=O)(=O)c1ccc(SC)cc1. The highest BCUT2D eigenvalue weighted by Crippen LogP contribution is 2.34. The second-order valence-electron chi connectivity index (χ2n) is 10.1. The van der Waals surface area contributed by atoms with E-state index in [0.29, 0.717) is 15.6 Å². The summed E-state index contributed by atoms with van der Waals surface area (Å²) in [6, 6.07) is 26.2. The average Bonchev–Trinajstić information content (AvgIpc) is 3.07. The van der Waals surface area contributed by atoms with Crippen LogP contribution in [-0.2, 0) is 32.6 Å². The topological polar surface area (TPSA) is 96.0 Å². The predicted octanol–water partition coefficient (Wildman–Crippen LogP) is 6.70. The predicted molar refractivity (Wildman–Crippen MR) is 185 cm³/mol. The lowest BCUT2D eigenvalue weighted by Gasteiger charge is -2.34. The number of thioether (sulfide) groups is 1. The molecular weight excluding hydrogens is 665 g/mol. The largest absolute Gasteiger partial charge is 0.492 e. The normalized spacial score (nSPS) is 11.8. The van der Waals surface area contributed by atoms with E-state index >= 15 is 0 Å². The van der Waals surface area contributed by atoms with E-state index in [9.17, 15) is 18.0 Å². The molecule has 0 bridgehead atoms. The molecular formula is C34H35Cl2N3O5S2. The lowest BCUT2D eigenvalue weighted by atomic mass is 10.0. The van der Waals surface area contributed by atoms with E-state index in [2.05, 4.69) is 5.32 Å². The maximum Gasteiger partial charge on any atom is 0.264 e. The van der Waals surface area contributed by atoms with E-state index in [4.69, 9.17) is 27.9 Å². The number of nitrogens with one attached hydrogen (secondary N) is 1. The van der Waals surface area contributed by atoms with Crippen LogP contribution in [0.5, 0.6) is 5.75 Å². The van der Waals surface area contributed by atoms with E-state index < -0.39 is 34.4 Å². The van der Waals surface area contributed by atoms with Crippen molar-refractivity contribution in [3.05, 3.63) is 118 Å². The zero-order valence-electron chi connectivity index (χ0n) is 25.7. The standard InChI is InChI=1S/C34H35Cl2N3O5S2/c1-4-44-32-16-9-8-15-30(32)39(46(42,43)26-19-17-25(45-3)18-20-26)23-33(40)38(22-27-28(35)13-10-14-29(27)36)31(34(41)37-2)21-24-11-6-5-7-12-24/h5-20,31H,4,21-23H2,1-3H3,(H,37,41). The number of likely N-dealkylation sites (N-methyl/N-ethyl adjacent to an activating group) is 1. The summed E-state index contributed by atoms with van der Waals surface area (Å²) in [5.41, 5.74) is 1.42. The van der Waals surface area contributed by atoms with Crippen LogP contribution in [0, 0.1) is 0 Å². The van der Waals surface area contributed by atoms with Gasteiger partial charge in [-0.25, -0.2) is 8.42 Å². The summed E-state index contributed by atoms with van der Waals surface area (Å²) in [5, 5.41) is 3.27. The summed E-state index contributed by atoms with van der Waals surface area (Å²) in [6.07, 6.45) is 2.05. The molecule has 0 heterocycles. The number of rotatable bonds is 14. The van der Waals surface area contributed by atoms with Crippen LogP contribution in [0.15, 0.2) is 107 Å². The van der Waals surface area contributed by atoms with Gasteiger partial charge in [0.25, 0.3) is 10.0 Å². The van der Waals surface area contributed by atoms with Gasteiger partial charge in [-0.3, -0.25) is 13.9 Å². The molecule has 0 spiro atoms. The number of amides is 2. The molecule has 2 amide bonds. The van der Waals surface area contributed by atoms with Crippen molar-refractivity contribution >= 4 is 62.5 Å². The summed E-state index contributed by atoms with van der Waals surface area (Å²) in [7, 11) is -2.82. The highest BCUT2D eigenvalue weighted by Gasteiger charge is 2.35. The second kappa shape index (κ2) is 16.2. The zero-order chi connectivity index (χ0) is 33.3. The highest BCUT2D eigenvalue weighted by molar-refractivity contribution is 7.98. The van der Waals surface area contributed by atoms with Crippen molar-refractivity contribution in [1.82, 2.24) is 10.2 Å². The number of anilines is 1. The minimum absolute atomic E-state index is 0.00256. The third-order valence-corrected chi connectivity index (χ3v) is 10.5. The number of nitrogens with zero attached hydrogens (tertiary/aromatic N) is 2. The molecule has 0 aromatic heterocycles. The maximum atomic E-state index is 14.6. The highest BCUT2D eigenvalue weighted by atomic mass is 35.5. The van der Waals surface area contributed by atoms with Gasteiger partial charge >= 0.3 is 0 Å². The fourth-order valence-corrected chi connectivity index (χ4v) is 7.25. The Morgan fingerprint density at radius 3 is 2.13 bits per heavy atom. The van der Waals surface area contributed by atoms with Gasteiger partial charge in [0.2, 0.25) is 11.8 Å². The van der Waals surface area contributed by atoms with Gasteiger partial charge in [0.15, 0.2) is 0 Å². The van der Waals surface area contributed by atoms with Crippen molar-refractivity contribution in [2.75, 3.05) is 30.8 Å². The molecule has 0 radical (unpaired) electrons. The van der Waals surface area contributed by atoms with Gasteiger partial charge in [-0.05, 0) is 67.3 Å². The van der Waals surface area contributed by atoms with Crippen LogP contribution in [0.1, 0.15) is 18.1 Å². The van der Waals surface area contributed by atoms with Crippen molar-refractivity contribution < 1.29 is 22.7 Å². The Morgan fingerprint density at radius 2 is 1.52 bits per heavy atom. The molecule has 4 aromatic carbocycles. The Bertz CT molecular complexity index is 1740. The molecule has 12 heteroatoms. The fourth-order valence-electron chi connectivity index (χ4n) is 4.90. The van der Waals surface area contributed by atoms with Crippen LogP contribution in [0.2, 0.25) is 10.0 Å². The number of hydrogen-bond donors (Lipinski definition) is 1. The van der Waals surface area contributed by atoms with Crippen LogP contribution in [0.25, 0.3) is 0 Å². The number of para-hydroxylation sites is 2. The van der Waals surface area contributed by atoms with Crippen LogP contribution in [0.4, 0.5) is 5.69 Å². The van der Waals surface area contributed by atoms with Gasteiger partial charge in [0.05, 0.1) is 17.2 Å². The summed E-state index contributed by atoms with van der Waals surface area (Å²) >= 11 is 14.6. The van der Waals surface area contributed by atoms with Gasteiger partial charge in [0.1, 0.15) is 18.3 Å². The number of carbonyl (C=O) groups is 2. The number of benzene rings is 4. The minimum atomic E-state index is -4.30. The first-order valence-corrected chi connectivity index (χ1v) is 17.9. The van der Waals surface area contributed by atoms with Gasteiger partial charge in [-0.15, -0.1) is 11.8 Å².